The van der Waals surface area contributed by atoms with Crippen molar-refractivity contribution in [1.29, 1.82) is 0 Å². The molecule has 0 fully saturated rings. The van der Waals surface area contributed by atoms with Crippen molar-refractivity contribution in [3.8, 4) is 23.0 Å². The Hall–Kier alpha value is -2.74. The quantitative estimate of drug-likeness (QED) is 0.507. The Kier molecular flexibility index (Phi) is 7.48. The van der Waals surface area contributed by atoms with Gasteiger partial charge >= 0.3 is 0 Å². The molecule has 2 rings (SSSR count). The van der Waals surface area contributed by atoms with Gasteiger partial charge < -0.3 is 18.9 Å². The van der Waals surface area contributed by atoms with Gasteiger partial charge in [-0.1, -0.05) is 15.9 Å². The average molecular weight is 437 g/mol. The predicted molar refractivity (Wildman–Crippen MR) is 106 cm³/mol. The monoisotopic (exact) mass is 436 g/mol. The second kappa shape index (κ2) is 9.82. The standard InChI is InChI=1S/C19H21BrN2O5/c1-12-7-14(5-6-15(12)20)27-11-18(23)22-21-10-13-8-16(24-2)19(26-4)17(9-13)25-3/h5-10H,11H2,1-4H3,(H,22,23). The van der Waals surface area contributed by atoms with Gasteiger partial charge in [-0.15, -0.1) is 0 Å². The van der Waals surface area contributed by atoms with Crippen molar-refractivity contribution in [2.24, 2.45) is 5.10 Å². The third-order valence-corrected chi connectivity index (χ3v) is 4.48. The number of halogens is 1. The number of methoxy groups -OCH3 is 3. The Morgan fingerprint density at radius 3 is 2.33 bits per heavy atom. The Morgan fingerprint density at radius 1 is 1.11 bits per heavy atom. The largest absolute Gasteiger partial charge is 0.493 e. The number of nitrogens with one attached hydrogen (secondary N) is 1. The summed E-state index contributed by atoms with van der Waals surface area (Å²) in [5, 5.41) is 3.93. The molecule has 0 aliphatic carbocycles. The lowest BCUT2D eigenvalue weighted by Gasteiger charge is -2.12. The molecule has 1 amide bonds. The molecule has 0 bridgehead atoms. The van der Waals surface area contributed by atoms with E-state index in [0.717, 1.165) is 10.0 Å². The first-order chi connectivity index (χ1) is 13.0. The van der Waals surface area contributed by atoms with E-state index in [1.165, 1.54) is 27.5 Å². The summed E-state index contributed by atoms with van der Waals surface area (Å²) in [5.41, 5.74) is 4.11. The van der Waals surface area contributed by atoms with Gasteiger partial charge in [0.05, 0.1) is 27.5 Å². The summed E-state index contributed by atoms with van der Waals surface area (Å²) in [4.78, 5) is 11.9. The van der Waals surface area contributed by atoms with E-state index in [9.17, 15) is 4.79 Å². The van der Waals surface area contributed by atoms with Crippen molar-refractivity contribution in [2.45, 2.75) is 6.92 Å². The van der Waals surface area contributed by atoms with Crippen LogP contribution in [-0.4, -0.2) is 40.1 Å². The van der Waals surface area contributed by atoms with Crippen LogP contribution in [0.2, 0.25) is 0 Å². The number of rotatable bonds is 8. The first-order valence-corrected chi connectivity index (χ1v) is 8.78. The fraction of sp³-hybridized carbons (Fsp3) is 0.263. The molecular weight excluding hydrogens is 416 g/mol. The summed E-state index contributed by atoms with van der Waals surface area (Å²) < 4.78 is 22.2. The second-order valence-electron chi connectivity index (χ2n) is 5.45. The van der Waals surface area contributed by atoms with Gasteiger partial charge in [-0.2, -0.15) is 5.10 Å². The molecule has 0 aromatic heterocycles. The van der Waals surface area contributed by atoms with Gasteiger partial charge in [0.15, 0.2) is 18.1 Å². The predicted octanol–water partition coefficient (Wildman–Crippen LogP) is 3.31. The highest BCUT2D eigenvalue weighted by atomic mass is 79.9. The molecule has 27 heavy (non-hydrogen) atoms. The summed E-state index contributed by atoms with van der Waals surface area (Å²) in [6, 6.07) is 8.93. The number of aryl methyl sites for hydroxylation is 1. The average Bonchev–Trinajstić information content (AvgIpc) is 2.68. The summed E-state index contributed by atoms with van der Waals surface area (Å²) in [6.45, 7) is 1.80. The van der Waals surface area contributed by atoms with Gasteiger partial charge in [0, 0.05) is 10.0 Å². The van der Waals surface area contributed by atoms with Crippen molar-refractivity contribution < 1.29 is 23.7 Å². The maximum Gasteiger partial charge on any atom is 0.277 e. The zero-order valence-corrected chi connectivity index (χ0v) is 17.1. The Bertz CT molecular complexity index is 814. The van der Waals surface area contributed by atoms with Crippen molar-refractivity contribution in [3.63, 3.8) is 0 Å². The van der Waals surface area contributed by atoms with Crippen LogP contribution in [0.1, 0.15) is 11.1 Å². The van der Waals surface area contributed by atoms with Crippen LogP contribution in [0.15, 0.2) is 39.9 Å². The van der Waals surface area contributed by atoms with Crippen LogP contribution >= 0.6 is 15.9 Å². The van der Waals surface area contributed by atoms with E-state index in [1.54, 1.807) is 18.2 Å². The first kappa shape index (κ1) is 20.6. The lowest BCUT2D eigenvalue weighted by atomic mass is 10.2. The van der Waals surface area contributed by atoms with Crippen LogP contribution in [0, 0.1) is 6.92 Å². The van der Waals surface area contributed by atoms with Gasteiger partial charge in [-0.25, -0.2) is 5.43 Å². The molecule has 7 nitrogen and oxygen atoms in total. The van der Waals surface area contributed by atoms with E-state index >= 15 is 0 Å². The molecule has 0 aliphatic rings. The smallest absolute Gasteiger partial charge is 0.277 e. The molecule has 0 unspecified atom stereocenters. The topological polar surface area (TPSA) is 78.4 Å². The minimum absolute atomic E-state index is 0.145. The fourth-order valence-electron chi connectivity index (χ4n) is 2.24. The first-order valence-electron chi connectivity index (χ1n) is 7.99. The highest BCUT2D eigenvalue weighted by Gasteiger charge is 2.12. The second-order valence-corrected chi connectivity index (χ2v) is 6.31. The van der Waals surface area contributed by atoms with Crippen molar-refractivity contribution in [1.82, 2.24) is 5.43 Å². The van der Waals surface area contributed by atoms with Crippen molar-refractivity contribution >= 4 is 28.1 Å². The number of nitrogens with zero attached hydrogens (tertiary/aromatic N) is 1. The van der Waals surface area contributed by atoms with E-state index in [1.807, 2.05) is 19.1 Å². The molecule has 0 spiro atoms. The molecule has 0 aliphatic heterocycles. The van der Waals surface area contributed by atoms with Gasteiger partial charge in [-0.3, -0.25) is 4.79 Å². The van der Waals surface area contributed by atoms with Crippen LogP contribution in [0.4, 0.5) is 0 Å². The number of hydrogen-bond donors (Lipinski definition) is 1. The highest BCUT2D eigenvalue weighted by molar-refractivity contribution is 9.10. The molecular formula is C19H21BrN2O5. The minimum atomic E-state index is -0.376. The SMILES string of the molecule is COc1cc(C=NNC(=O)COc2ccc(Br)c(C)c2)cc(OC)c1OC. The van der Waals surface area contributed by atoms with E-state index < -0.39 is 0 Å². The molecule has 0 radical (unpaired) electrons. The third kappa shape index (κ3) is 5.62. The van der Waals surface area contributed by atoms with E-state index in [-0.39, 0.29) is 12.5 Å². The third-order valence-electron chi connectivity index (χ3n) is 3.59. The van der Waals surface area contributed by atoms with Crippen LogP contribution in [0.3, 0.4) is 0 Å². The molecule has 8 heteroatoms. The zero-order valence-electron chi connectivity index (χ0n) is 15.5. The van der Waals surface area contributed by atoms with Crippen LogP contribution < -0.4 is 24.4 Å². The minimum Gasteiger partial charge on any atom is -0.493 e. The van der Waals surface area contributed by atoms with E-state index in [4.69, 9.17) is 18.9 Å². The van der Waals surface area contributed by atoms with Crippen LogP contribution in [-0.2, 0) is 4.79 Å². The molecule has 0 saturated heterocycles. The number of ether oxygens (including phenoxy) is 4. The molecule has 2 aromatic rings. The lowest BCUT2D eigenvalue weighted by molar-refractivity contribution is -0.123. The van der Waals surface area contributed by atoms with Gasteiger partial charge in [0.25, 0.3) is 5.91 Å². The Balaban J connectivity index is 1.96. The number of hydrazone groups is 1. The van der Waals surface area contributed by atoms with Crippen LogP contribution in [0.5, 0.6) is 23.0 Å². The Labute approximate surface area is 166 Å². The summed E-state index contributed by atoms with van der Waals surface area (Å²) in [5.74, 6) is 1.72. The van der Waals surface area contributed by atoms with Crippen molar-refractivity contribution in [2.75, 3.05) is 27.9 Å². The summed E-state index contributed by atoms with van der Waals surface area (Å²) in [7, 11) is 4.59. The number of carbonyl (C=O) groups excluding carboxylic acids is 1. The van der Waals surface area contributed by atoms with E-state index in [2.05, 4.69) is 26.5 Å². The van der Waals surface area contributed by atoms with Gasteiger partial charge in [0.2, 0.25) is 5.75 Å². The lowest BCUT2D eigenvalue weighted by Crippen LogP contribution is -2.24. The molecule has 0 atom stereocenters. The van der Waals surface area contributed by atoms with Gasteiger partial charge in [0.1, 0.15) is 5.75 Å². The summed E-state index contributed by atoms with van der Waals surface area (Å²) >= 11 is 3.42. The van der Waals surface area contributed by atoms with Crippen LogP contribution in [0.25, 0.3) is 0 Å². The molecule has 2 aromatic carbocycles. The number of benzene rings is 2. The number of hydrogen-bond acceptors (Lipinski definition) is 6. The molecule has 0 saturated carbocycles. The number of carbonyl (C=O) groups is 1. The molecule has 144 valence electrons. The fourth-order valence-corrected chi connectivity index (χ4v) is 2.49. The number of amides is 1. The maximum absolute atomic E-state index is 11.9. The maximum atomic E-state index is 11.9. The molecule has 1 N–H and O–H groups in total. The van der Waals surface area contributed by atoms with Crippen molar-refractivity contribution in [3.05, 3.63) is 45.9 Å². The summed E-state index contributed by atoms with van der Waals surface area (Å²) in [6.07, 6.45) is 1.48. The highest BCUT2D eigenvalue weighted by Crippen LogP contribution is 2.37. The van der Waals surface area contributed by atoms with E-state index in [0.29, 0.717) is 28.6 Å². The van der Waals surface area contributed by atoms with Gasteiger partial charge in [-0.05, 0) is 42.8 Å². The molecule has 0 heterocycles. The normalized spacial score (nSPS) is 10.6. The zero-order chi connectivity index (χ0) is 19.8. The Morgan fingerprint density at radius 2 is 1.78 bits per heavy atom.